The van der Waals surface area contributed by atoms with Gasteiger partial charge in [-0.05, 0) is 40.4 Å². The van der Waals surface area contributed by atoms with E-state index in [1.807, 2.05) is 20.8 Å². The van der Waals surface area contributed by atoms with Gasteiger partial charge < -0.3 is 15.4 Å². The molecule has 0 unspecified atom stereocenters. The molecule has 0 radical (unpaired) electrons. The second-order valence-corrected chi connectivity index (χ2v) is 6.17. The molecule has 1 aliphatic heterocycles. The van der Waals surface area contributed by atoms with E-state index in [1.165, 1.54) is 0 Å². The van der Waals surface area contributed by atoms with Gasteiger partial charge in [0.1, 0.15) is 5.60 Å². The van der Waals surface area contributed by atoms with E-state index in [0.717, 1.165) is 19.6 Å². The number of nitrogens with two attached hydrogens (primary N) is 1. The van der Waals surface area contributed by atoms with Crippen LogP contribution in [0.5, 0.6) is 0 Å². The van der Waals surface area contributed by atoms with E-state index in [0.29, 0.717) is 25.0 Å². The molecule has 0 aromatic rings. The van der Waals surface area contributed by atoms with Gasteiger partial charge in [-0.1, -0.05) is 13.8 Å². The van der Waals surface area contributed by atoms with Gasteiger partial charge in [-0.25, -0.2) is 4.79 Å². The Hall–Kier alpha value is -0.810. The predicted molar refractivity (Wildman–Crippen MR) is 77.1 cm³/mol. The third-order valence-electron chi connectivity index (χ3n) is 3.64. The topological polar surface area (TPSA) is 58.8 Å². The number of hydrogen-bond donors (Lipinski definition) is 1. The Labute approximate surface area is 117 Å². The fraction of sp³-hybridized carbons (Fsp3) is 0.929. The van der Waals surface area contributed by atoms with Crippen LogP contribution in [0.2, 0.25) is 0 Å². The van der Waals surface area contributed by atoms with E-state index in [-0.39, 0.29) is 6.09 Å². The quantitative estimate of drug-likeness (QED) is 0.842. The number of nitrogens with zero attached hydrogens (tertiary/aromatic N) is 2. The molecular weight excluding hydrogens is 242 g/mol. The summed E-state index contributed by atoms with van der Waals surface area (Å²) in [4.78, 5) is 16.3. The highest BCUT2D eigenvalue weighted by atomic mass is 16.6. The van der Waals surface area contributed by atoms with Gasteiger partial charge in [-0.15, -0.1) is 0 Å². The van der Waals surface area contributed by atoms with Crippen LogP contribution in [0.15, 0.2) is 0 Å². The summed E-state index contributed by atoms with van der Waals surface area (Å²) in [6.07, 6.45) is -0.222. The first-order chi connectivity index (χ1) is 8.82. The number of amides is 1. The standard InChI is InChI=1S/C14H29N3O2/c1-6-16(7-2)12-10-17(9-11(12)8-15)13(18)19-14(3,4)5/h11-12H,6-10,15H2,1-5H3/t11-,12+/m1/s1. The lowest BCUT2D eigenvalue weighted by atomic mass is 10.0. The minimum absolute atomic E-state index is 0.222. The first-order valence-corrected chi connectivity index (χ1v) is 7.24. The second kappa shape index (κ2) is 6.57. The molecule has 0 bridgehead atoms. The number of hydrogen-bond acceptors (Lipinski definition) is 4. The molecule has 2 N–H and O–H groups in total. The Bertz CT molecular complexity index is 298. The van der Waals surface area contributed by atoms with Gasteiger partial charge in [0.05, 0.1) is 0 Å². The van der Waals surface area contributed by atoms with Crippen LogP contribution in [0.3, 0.4) is 0 Å². The van der Waals surface area contributed by atoms with Gasteiger partial charge in [-0.3, -0.25) is 4.90 Å². The Kier molecular flexibility index (Phi) is 5.62. The molecule has 0 aromatic carbocycles. The van der Waals surface area contributed by atoms with Gasteiger partial charge in [0, 0.05) is 25.0 Å². The molecule has 0 aliphatic carbocycles. The maximum absolute atomic E-state index is 12.1. The van der Waals surface area contributed by atoms with E-state index in [9.17, 15) is 4.79 Å². The smallest absolute Gasteiger partial charge is 0.410 e. The van der Waals surface area contributed by atoms with Crippen molar-refractivity contribution in [3.05, 3.63) is 0 Å². The lowest BCUT2D eigenvalue weighted by molar-refractivity contribution is 0.0279. The van der Waals surface area contributed by atoms with E-state index in [4.69, 9.17) is 10.5 Å². The van der Waals surface area contributed by atoms with Crippen LogP contribution in [-0.4, -0.2) is 60.3 Å². The molecule has 1 saturated heterocycles. The highest BCUT2D eigenvalue weighted by Crippen LogP contribution is 2.23. The van der Waals surface area contributed by atoms with Crippen LogP contribution in [0.1, 0.15) is 34.6 Å². The zero-order chi connectivity index (χ0) is 14.6. The van der Waals surface area contributed by atoms with Crippen molar-refractivity contribution in [2.75, 3.05) is 32.7 Å². The van der Waals surface area contributed by atoms with Crippen molar-refractivity contribution in [2.45, 2.75) is 46.3 Å². The molecule has 0 spiro atoms. The Morgan fingerprint density at radius 3 is 2.32 bits per heavy atom. The van der Waals surface area contributed by atoms with E-state index >= 15 is 0 Å². The Balaban J connectivity index is 2.68. The largest absolute Gasteiger partial charge is 0.444 e. The summed E-state index contributed by atoms with van der Waals surface area (Å²) < 4.78 is 5.44. The summed E-state index contributed by atoms with van der Waals surface area (Å²) in [5, 5.41) is 0. The van der Waals surface area contributed by atoms with Crippen molar-refractivity contribution >= 4 is 6.09 Å². The van der Waals surface area contributed by atoms with Crippen LogP contribution in [0.25, 0.3) is 0 Å². The molecule has 112 valence electrons. The summed E-state index contributed by atoms with van der Waals surface area (Å²) in [7, 11) is 0. The SMILES string of the molecule is CCN(CC)[C@H]1CN(C(=O)OC(C)(C)C)C[C@H]1CN. The third kappa shape index (κ3) is 4.35. The normalized spacial score (nSPS) is 24.1. The van der Waals surface area contributed by atoms with Crippen molar-refractivity contribution in [3.8, 4) is 0 Å². The van der Waals surface area contributed by atoms with Crippen molar-refractivity contribution in [2.24, 2.45) is 11.7 Å². The maximum atomic E-state index is 12.1. The molecular formula is C14H29N3O2. The Morgan fingerprint density at radius 1 is 1.32 bits per heavy atom. The van der Waals surface area contributed by atoms with Gasteiger partial charge in [0.15, 0.2) is 0 Å². The maximum Gasteiger partial charge on any atom is 0.410 e. The second-order valence-electron chi connectivity index (χ2n) is 6.17. The van der Waals surface area contributed by atoms with Crippen molar-refractivity contribution < 1.29 is 9.53 Å². The molecule has 1 aliphatic rings. The predicted octanol–water partition coefficient (Wildman–Crippen LogP) is 1.52. The molecule has 5 nitrogen and oxygen atoms in total. The van der Waals surface area contributed by atoms with Crippen LogP contribution < -0.4 is 5.73 Å². The minimum atomic E-state index is -0.442. The zero-order valence-electron chi connectivity index (χ0n) is 13.0. The molecule has 5 heteroatoms. The lowest BCUT2D eigenvalue weighted by Crippen LogP contribution is -2.43. The summed E-state index contributed by atoms with van der Waals surface area (Å²) >= 11 is 0. The number of likely N-dealkylation sites (N-methyl/N-ethyl adjacent to an activating group) is 1. The van der Waals surface area contributed by atoms with Crippen molar-refractivity contribution in [3.63, 3.8) is 0 Å². The monoisotopic (exact) mass is 271 g/mol. The van der Waals surface area contributed by atoms with Gasteiger partial charge in [0.25, 0.3) is 0 Å². The number of likely N-dealkylation sites (tertiary alicyclic amines) is 1. The number of rotatable bonds is 4. The lowest BCUT2D eigenvalue weighted by Gasteiger charge is -2.29. The molecule has 1 fully saturated rings. The number of carbonyl (C=O) groups excluding carboxylic acids is 1. The molecule has 1 amide bonds. The van der Waals surface area contributed by atoms with Gasteiger partial charge in [-0.2, -0.15) is 0 Å². The molecule has 2 atom stereocenters. The minimum Gasteiger partial charge on any atom is -0.444 e. The summed E-state index contributed by atoms with van der Waals surface area (Å²) in [5.41, 5.74) is 5.41. The summed E-state index contributed by atoms with van der Waals surface area (Å²) in [6.45, 7) is 14.0. The van der Waals surface area contributed by atoms with Crippen LogP contribution in [0.4, 0.5) is 4.79 Å². The molecule has 1 rings (SSSR count). The van der Waals surface area contributed by atoms with E-state index in [2.05, 4.69) is 18.7 Å². The molecule has 0 saturated carbocycles. The first kappa shape index (κ1) is 16.2. The summed E-state index contributed by atoms with van der Waals surface area (Å²) in [5.74, 6) is 0.340. The molecule has 19 heavy (non-hydrogen) atoms. The van der Waals surface area contributed by atoms with Crippen molar-refractivity contribution in [1.82, 2.24) is 9.80 Å². The summed E-state index contributed by atoms with van der Waals surface area (Å²) in [6, 6.07) is 0.354. The average molecular weight is 271 g/mol. The fourth-order valence-electron chi connectivity index (χ4n) is 2.67. The van der Waals surface area contributed by atoms with Crippen LogP contribution in [-0.2, 0) is 4.74 Å². The van der Waals surface area contributed by atoms with Crippen LogP contribution in [0, 0.1) is 5.92 Å². The zero-order valence-corrected chi connectivity index (χ0v) is 13.0. The van der Waals surface area contributed by atoms with E-state index in [1.54, 1.807) is 4.90 Å². The Morgan fingerprint density at radius 2 is 1.89 bits per heavy atom. The number of ether oxygens (including phenoxy) is 1. The highest BCUT2D eigenvalue weighted by molar-refractivity contribution is 5.68. The van der Waals surface area contributed by atoms with Gasteiger partial charge in [0.2, 0.25) is 0 Å². The molecule has 0 aromatic heterocycles. The average Bonchev–Trinajstić information content (AvgIpc) is 2.73. The number of carbonyl (C=O) groups is 1. The fourth-order valence-corrected chi connectivity index (χ4v) is 2.67. The highest BCUT2D eigenvalue weighted by Gasteiger charge is 2.38. The van der Waals surface area contributed by atoms with E-state index < -0.39 is 5.60 Å². The van der Waals surface area contributed by atoms with Crippen LogP contribution >= 0.6 is 0 Å². The third-order valence-corrected chi connectivity index (χ3v) is 3.64. The first-order valence-electron chi connectivity index (χ1n) is 7.24. The molecule has 1 heterocycles. The van der Waals surface area contributed by atoms with Crippen molar-refractivity contribution in [1.29, 1.82) is 0 Å². The van der Waals surface area contributed by atoms with Gasteiger partial charge >= 0.3 is 6.09 Å².